The van der Waals surface area contributed by atoms with E-state index < -0.39 is 23.8 Å². The zero-order valence-electron chi connectivity index (χ0n) is 18.0. The van der Waals surface area contributed by atoms with E-state index in [-0.39, 0.29) is 37.9 Å². The van der Waals surface area contributed by atoms with Gasteiger partial charge in [0, 0.05) is 43.3 Å². The molecule has 0 fully saturated rings. The van der Waals surface area contributed by atoms with Crippen molar-refractivity contribution < 1.29 is 23.8 Å². The van der Waals surface area contributed by atoms with Crippen molar-refractivity contribution >= 4 is 16.8 Å². The molecule has 3 rings (SSSR count). The summed E-state index contributed by atoms with van der Waals surface area (Å²) in [5.41, 5.74) is 1.35. The van der Waals surface area contributed by atoms with E-state index in [4.69, 9.17) is 5.11 Å². The van der Waals surface area contributed by atoms with Crippen molar-refractivity contribution in [1.29, 1.82) is 0 Å². The number of para-hydroxylation sites is 1. The second-order valence-corrected chi connectivity index (χ2v) is 8.03. The molecule has 3 atom stereocenters. The molecule has 0 saturated heterocycles. The highest BCUT2D eigenvalue weighted by molar-refractivity contribution is 5.80. The molecule has 32 heavy (non-hydrogen) atoms. The lowest BCUT2D eigenvalue weighted by molar-refractivity contribution is -0.122. The first-order chi connectivity index (χ1) is 15.4. The van der Waals surface area contributed by atoms with E-state index in [0.29, 0.717) is 12.1 Å². The van der Waals surface area contributed by atoms with Crippen LogP contribution in [0.15, 0.2) is 54.7 Å². The van der Waals surface area contributed by atoms with Gasteiger partial charge in [0.25, 0.3) is 0 Å². The first-order valence-electron chi connectivity index (χ1n) is 10.7. The fraction of sp³-hybridized carbons (Fsp3) is 0.375. The topological polar surface area (TPSA) is 86.5 Å². The summed E-state index contributed by atoms with van der Waals surface area (Å²) in [6.07, 6.45) is 1.13. The molecule has 172 valence electrons. The number of amides is 1. The normalized spacial score (nSPS) is 14.3. The average molecular weight is 446 g/mol. The fourth-order valence-corrected chi connectivity index (χ4v) is 3.63. The van der Waals surface area contributed by atoms with Crippen LogP contribution in [0.4, 0.5) is 8.78 Å². The zero-order chi connectivity index (χ0) is 23.1. The highest BCUT2D eigenvalue weighted by Gasteiger charge is 2.23. The van der Waals surface area contributed by atoms with Gasteiger partial charge in [0.1, 0.15) is 11.6 Å². The Morgan fingerprint density at radius 3 is 2.56 bits per heavy atom. The summed E-state index contributed by atoms with van der Waals surface area (Å²) in [5.74, 6) is -1.71. The van der Waals surface area contributed by atoms with Gasteiger partial charge in [-0.15, -0.1) is 0 Å². The average Bonchev–Trinajstić information content (AvgIpc) is 3.17. The molecule has 0 aliphatic rings. The number of carbonyl (C=O) groups excluding carboxylic acids is 1. The van der Waals surface area contributed by atoms with E-state index in [1.54, 1.807) is 6.92 Å². The molecule has 0 radical (unpaired) electrons. The number of hydrogen-bond donors (Lipinski definition) is 4. The van der Waals surface area contributed by atoms with Gasteiger partial charge in [-0.3, -0.25) is 4.79 Å². The molecule has 0 saturated carbocycles. The first kappa shape index (κ1) is 23.8. The lowest BCUT2D eigenvalue weighted by Gasteiger charge is -2.26. The van der Waals surface area contributed by atoms with Crippen LogP contribution in [-0.4, -0.2) is 52.0 Å². The van der Waals surface area contributed by atoms with Gasteiger partial charge in [-0.1, -0.05) is 18.2 Å². The first-order valence-corrected chi connectivity index (χ1v) is 10.7. The van der Waals surface area contributed by atoms with Crippen LogP contribution in [0.1, 0.15) is 18.9 Å². The predicted octanol–water partition coefficient (Wildman–Crippen LogP) is 2.37. The summed E-state index contributed by atoms with van der Waals surface area (Å²) in [6.45, 7) is 2.20. The Bertz CT molecular complexity index is 1020. The van der Waals surface area contributed by atoms with Crippen LogP contribution in [-0.2, 0) is 17.8 Å². The maximum atomic E-state index is 13.6. The van der Waals surface area contributed by atoms with Crippen molar-refractivity contribution in [3.05, 3.63) is 71.9 Å². The Balaban J connectivity index is 1.66. The molecule has 6 nitrogen and oxygen atoms in total. The number of fused-ring (bicyclic) bond motifs is 1. The number of nitrogens with one attached hydrogen (secondary N) is 2. The molecule has 0 aliphatic heterocycles. The maximum absolute atomic E-state index is 13.6. The third-order valence-corrected chi connectivity index (χ3v) is 5.40. The van der Waals surface area contributed by atoms with Gasteiger partial charge in [0.15, 0.2) is 0 Å². The predicted molar refractivity (Wildman–Crippen MR) is 119 cm³/mol. The van der Waals surface area contributed by atoms with Gasteiger partial charge in [-0.25, -0.2) is 8.78 Å². The molecular weight excluding hydrogens is 416 g/mol. The molecule has 1 unspecified atom stereocenters. The van der Waals surface area contributed by atoms with Gasteiger partial charge in [0.05, 0.1) is 18.8 Å². The van der Waals surface area contributed by atoms with Gasteiger partial charge in [-0.05, 0) is 48.6 Å². The van der Waals surface area contributed by atoms with Crippen LogP contribution in [0.2, 0.25) is 0 Å². The van der Waals surface area contributed by atoms with Crippen LogP contribution in [0.3, 0.4) is 0 Å². The largest absolute Gasteiger partial charge is 0.395 e. The minimum absolute atomic E-state index is 0.0588. The fourth-order valence-electron chi connectivity index (χ4n) is 3.63. The number of aryl methyl sites for hydroxylation is 1. The van der Waals surface area contributed by atoms with Crippen molar-refractivity contribution in [2.75, 3.05) is 13.2 Å². The molecule has 8 heteroatoms. The van der Waals surface area contributed by atoms with Gasteiger partial charge >= 0.3 is 0 Å². The molecule has 1 amide bonds. The second kappa shape index (κ2) is 11.2. The van der Waals surface area contributed by atoms with E-state index in [9.17, 15) is 18.7 Å². The number of nitrogens with zero attached hydrogens (tertiary/aromatic N) is 1. The summed E-state index contributed by atoms with van der Waals surface area (Å²) in [4.78, 5) is 12.7. The Hall–Kier alpha value is -2.81. The molecule has 0 bridgehead atoms. The highest BCUT2D eigenvalue weighted by atomic mass is 19.1. The molecule has 1 aromatic heterocycles. The Kier molecular flexibility index (Phi) is 8.33. The van der Waals surface area contributed by atoms with Gasteiger partial charge in [-0.2, -0.15) is 0 Å². The van der Waals surface area contributed by atoms with Crippen LogP contribution < -0.4 is 10.6 Å². The van der Waals surface area contributed by atoms with Crippen molar-refractivity contribution in [2.24, 2.45) is 0 Å². The van der Waals surface area contributed by atoms with Gasteiger partial charge in [0.2, 0.25) is 5.91 Å². The smallest absolute Gasteiger partial charge is 0.222 e. The number of aliphatic hydroxyl groups excluding tert-OH is 2. The lowest BCUT2D eigenvalue weighted by Crippen LogP contribution is -2.50. The molecule has 3 aromatic rings. The summed E-state index contributed by atoms with van der Waals surface area (Å²) in [6, 6.07) is 12.0. The van der Waals surface area contributed by atoms with Crippen LogP contribution in [0.25, 0.3) is 10.9 Å². The van der Waals surface area contributed by atoms with E-state index in [2.05, 4.69) is 10.6 Å². The molecule has 4 N–H and O–H groups in total. The third kappa shape index (κ3) is 6.59. The van der Waals surface area contributed by atoms with Crippen molar-refractivity contribution in [1.82, 2.24) is 15.2 Å². The Morgan fingerprint density at radius 2 is 1.84 bits per heavy atom. The van der Waals surface area contributed by atoms with Crippen molar-refractivity contribution in [3.8, 4) is 0 Å². The monoisotopic (exact) mass is 445 g/mol. The number of aromatic nitrogens is 1. The number of rotatable bonds is 11. The summed E-state index contributed by atoms with van der Waals surface area (Å²) in [7, 11) is 0. The van der Waals surface area contributed by atoms with Crippen LogP contribution in [0.5, 0.6) is 0 Å². The van der Waals surface area contributed by atoms with Crippen LogP contribution >= 0.6 is 0 Å². The second-order valence-electron chi connectivity index (χ2n) is 8.03. The molecule has 0 spiro atoms. The SMILES string of the molecule is CC(CO)NC[C@@H](O)[C@H](Cc1cc(F)cc(F)c1)NC(=O)CCn1ccc2ccccc21. The number of carbonyl (C=O) groups is 1. The molecule has 0 aliphatic carbocycles. The lowest BCUT2D eigenvalue weighted by atomic mass is 10.00. The van der Waals surface area contributed by atoms with E-state index >= 15 is 0 Å². The number of hydrogen-bond acceptors (Lipinski definition) is 4. The maximum Gasteiger partial charge on any atom is 0.222 e. The number of halogens is 2. The van der Waals surface area contributed by atoms with E-state index in [1.807, 2.05) is 41.1 Å². The summed E-state index contributed by atoms with van der Waals surface area (Å²) >= 11 is 0. The summed E-state index contributed by atoms with van der Waals surface area (Å²) < 4.78 is 29.2. The Labute approximate surface area is 185 Å². The van der Waals surface area contributed by atoms with Gasteiger partial charge < -0.3 is 25.4 Å². The summed E-state index contributed by atoms with van der Waals surface area (Å²) in [5, 5.41) is 26.7. The number of benzene rings is 2. The highest BCUT2D eigenvalue weighted by Crippen LogP contribution is 2.16. The molecule has 1 heterocycles. The minimum Gasteiger partial charge on any atom is -0.395 e. The molecule has 2 aromatic carbocycles. The zero-order valence-corrected chi connectivity index (χ0v) is 18.0. The van der Waals surface area contributed by atoms with Crippen LogP contribution in [0, 0.1) is 11.6 Å². The standard InChI is InChI=1S/C24H29F2N3O3/c1-16(15-30)27-14-23(31)21(12-17-10-19(25)13-20(26)11-17)28-24(32)7-9-29-8-6-18-4-2-3-5-22(18)29/h2-6,8,10-11,13,16,21,23,27,30-31H,7,9,12,14-15H2,1H3,(H,28,32)/t16?,21-,23+/m0/s1. The number of aliphatic hydroxyl groups is 2. The Morgan fingerprint density at radius 1 is 1.12 bits per heavy atom. The minimum atomic E-state index is -1.02. The van der Waals surface area contributed by atoms with E-state index in [1.165, 1.54) is 12.1 Å². The third-order valence-electron chi connectivity index (χ3n) is 5.40. The van der Waals surface area contributed by atoms with Crippen molar-refractivity contribution in [3.63, 3.8) is 0 Å². The quantitative estimate of drug-likeness (QED) is 0.365. The molecular formula is C24H29F2N3O3. The van der Waals surface area contributed by atoms with Crippen molar-refractivity contribution in [2.45, 2.75) is 44.5 Å². The van der Waals surface area contributed by atoms with E-state index in [0.717, 1.165) is 17.0 Å².